The van der Waals surface area contributed by atoms with Crippen molar-refractivity contribution in [3.8, 4) is 0 Å². The minimum atomic E-state index is -0.984. The van der Waals surface area contributed by atoms with E-state index in [9.17, 15) is 19.5 Å². The summed E-state index contributed by atoms with van der Waals surface area (Å²) in [6, 6.07) is 8.28. The highest BCUT2D eigenvalue weighted by molar-refractivity contribution is 5.97. The molecule has 7 nitrogen and oxygen atoms in total. The molecule has 0 saturated carbocycles. The number of amides is 2. The Hall–Kier alpha value is -3.09. The molecule has 0 radical (unpaired) electrons. The van der Waals surface area contributed by atoms with Gasteiger partial charge < -0.3 is 20.2 Å². The second-order valence-corrected chi connectivity index (χ2v) is 6.18. The molecule has 2 unspecified atom stereocenters. The predicted octanol–water partition coefficient (Wildman–Crippen LogP) is 1.77. The fraction of sp³-hybridized carbons (Fsp3) is 0.316. The van der Waals surface area contributed by atoms with Crippen molar-refractivity contribution in [2.24, 2.45) is 5.92 Å². The van der Waals surface area contributed by atoms with Crippen molar-refractivity contribution in [3.63, 3.8) is 0 Å². The van der Waals surface area contributed by atoms with Crippen molar-refractivity contribution < 1.29 is 23.9 Å². The van der Waals surface area contributed by atoms with Crippen molar-refractivity contribution in [3.05, 3.63) is 59.5 Å². The van der Waals surface area contributed by atoms with Gasteiger partial charge in [0.1, 0.15) is 12.3 Å². The average Bonchev–Trinajstić information content (AvgIpc) is 3.12. The molecule has 2 amide bonds. The number of hydrogen-bond acceptors (Lipinski definition) is 4. The maximum absolute atomic E-state index is 12.1. The first-order valence-corrected chi connectivity index (χ1v) is 8.26. The van der Waals surface area contributed by atoms with Crippen LogP contribution in [0.1, 0.15) is 28.4 Å². The molecular formula is C19H22N2O5. The molecule has 0 fully saturated rings. The Morgan fingerprint density at radius 2 is 2.00 bits per heavy atom. The van der Waals surface area contributed by atoms with E-state index in [-0.39, 0.29) is 6.54 Å². The van der Waals surface area contributed by atoms with Gasteiger partial charge in [-0.25, -0.2) is 0 Å². The summed E-state index contributed by atoms with van der Waals surface area (Å²) in [4.78, 5) is 35.5. The average molecular weight is 358 g/mol. The summed E-state index contributed by atoms with van der Waals surface area (Å²) < 4.78 is 4.82. The lowest BCUT2D eigenvalue weighted by Gasteiger charge is -2.17. The Morgan fingerprint density at radius 3 is 2.62 bits per heavy atom. The van der Waals surface area contributed by atoms with Gasteiger partial charge in [0.2, 0.25) is 5.91 Å². The van der Waals surface area contributed by atoms with Gasteiger partial charge in [0.25, 0.3) is 5.91 Å². The topological polar surface area (TPSA) is 109 Å². The zero-order chi connectivity index (χ0) is 19.1. The third kappa shape index (κ3) is 5.47. The number of benzene rings is 1. The Kier molecular flexibility index (Phi) is 6.54. The van der Waals surface area contributed by atoms with Crippen LogP contribution in [-0.2, 0) is 16.0 Å². The van der Waals surface area contributed by atoms with Crippen molar-refractivity contribution >= 4 is 17.8 Å². The first kappa shape index (κ1) is 19.2. The fourth-order valence-electron chi connectivity index (χ4n) is 2.49. The number of aliphatic carboxylic acids is 1. The van der Waals surface area contributed by atoms with Crippen molar-refractivity contribution in [1.29, 1.82) is 0 Å². The monoisotopic (exact) mass is 358 g/mol. The highest BCUT2D eigenvalue weighted by Crippen LogP contribution is 2.11. The lowest BCUT2D eigenvalue weighted by molar-refractivity contribution is -0.141. The molecule has 0 spiro atoms. The summed E-state index contributed by atoms with van der Waals surface area (Å²) in [5, 5.41) is 14.5. The van der Waals surface area contributed by atoms with Crippen LogP contribution in [0.2, 0.25) is 0 Å². The second kappa shape index (κ2) is 8.84. The number of carboxylic acids is 1. The van der Waals surface area contributed by atoms with Gasteiger partial charge in [0.05, 0.1) is 17.7 Å². The molecule has 0 aliphatic rings. The van der Waals surface area contributed by atoms with E-state index in [1.54, 1.807) is 0 Å². The molecule has 26 heavy (non-hydrogen) atoms. The second-order valence-electron chi connectivity index (χ2n) is 6.18. The highest BCUT2D eigenvalue weighted by atomic mass is 16.4. The third-order valence-electron chi connectivity index (χ3n) is 3.96. The molecule has 1 heterocycles. The van der Waals surface area contributed by atoms with Gasteiger partial charge in [-0.2, -0.15) is 0 Å². The van der Waals surface area contributed by atoms with Gasteiger partial charge in [-0.15, -0.1) is 0 Å². The van der Waals surface area contributed by atoms with Crippen molar-refractivity contribution in [2.75, 3.05) is 6.54 Å². The summed E-state index contributed by atoms with van der Waals surface area (Å²) in [6.45, 7) is 3.45. The van der Waals surface area contributed by atoms with Gasteiger partial charge in [-0.3, -0.25) is 14.4 Å². The van der Waals surface area contributed by atoms with E-state index in [1.165, 1.54) is 25.5 Å². The summed E-state index contributed by atoms with van der Waals surface area (Å²) in [5.41, 5.74) is 2.26. The zero-order valence-electron chi connectivity index (χ0n) is 14.7. The van der Waals surface area contributed by atoms with Gasteiger partial charge in [-0.1, -0.05) is 29.8 Å². The quantitative estimate of drug-likeness (QED) is 0.666. The minimum Gasteiger partial charge on any atom is -0.481 e. The van der Waals surface area contributed by atoms with Crippen LogP contribution in [0.15, 0.2) is 47.3 Å². The molecule has 7 heteroatoms. The van der Waals surface area contributed by atoms with Crippen LogP contribution < -0.4 is 10.6 Å². The molecule has 1 aromatic heterocycles. The first-order chi connectivity index (χ1) is 12.4. The van der Waals surface area contributed by atoms with E-state index in [4.69, 9.17) is 4.42 Å². The van der Waals surface area contributed by atoms with Crippen LogP contribution in [0.4, 0.5) is 0 Å². The molecule has 0 saturated heterocycles. The Balaban J connectivity index is 1.88. The Labute approximate surface area is 151 Å². The number of nitrogens with one attached hydrogen (secondary N) is 2. The highest BCUT2D eigenvalue weighted by Gasteiger charge is 2.22. The summed E-state index contributed by atoms with van der Waals surface area (Å²) in [7, 11) is 0. The smallest absolute Gasteiger partial charge is 0.308 e. The van der Waals surface area contributed by atoms with Crippen molar-refractivity contribution in [1.82, 2.24) is 10.6 Å². The molecule has 138 valence electrons. The molecule has 2 aromatic rings. The largest absolute Gasteiger partial charge is 0.481 e. The molecular weight excluding hydrogens is 336 g/mol. The van der Waals surface area contributed by atoms with Crippen LogP contribution in [0.25, 0.3) is 0 Å². The van der Waals surface area contributed by atoms with Crippen LogP contribution in [0.5, 0.6) is 0 Å². The molecule has 0 aliphatic carbocycles. The lowest BCUT2D eigenvalue weighted by Crippen LogP contribution is -2.46. The van der Waals surface area contributed by atoms with E-state index in [2.05, 4.69) is 10.6 Å². The predicted molar refractivity (Wildman–Crippen MR) is 94.7 cm³/mol. The van der Waals surface area contributed by atoms with Gasteiger partial charge in [0.15, 0.2) is 0 Å². The number of rotatable bonds is 8. The normalized spacial score (nSPS) is 12.8. The van der Waals surface area contributed by atoms with Crippen LogP contribution in [-0.4, -0.2) is 35.5 Å². The zero-order valence-corrected chi connectivity index (χ0v) is 14.7. The summed E-state index contributed by atoms with van der Waals surface area (Å²) in [6.07, 6.45) is 2.96. The van der Waals surface area contributed by atoms with Crippen LogP contribution in [0.3, 0.4) is 0 Å². The van der Waals surface area contributed by atoms with E-state index in [0.29, 0.717) is 12.0 Å². The van der Waals surface area contributed by atoms with Gasteiger partial charge in [0, 0.05) is 6.54 Å². The summed E-state index contributed by atoms with van der Waals surface area (Å²) in [5.74, 6) is -2.62. The molecule has 2 atom stereocenters. The third-order valence-corrected chi connectivity index (χ3v) is 3.96. The number of carboxylic acid groups (broad SMARTS) is 1. The minimum absolute atomic E-state index is 0.0198. The number of furan rings is 1. The summed E-state index contributed by atoms with van der Waals surface area (Å²) >= 11 is 0. The first-order valence-electron chi connectivity index (χ1n) is 8.26. The van der Waals surface area contributed by atoms with Gasteiger partial charge in [-0.05, 0) is 31.9 Å². The number of carbonyl (C=O) groups excluding carboxylic acids is 2. The number of hydrogen-bond donors (Lipinski definition) is 3. The molecule has 1 aromatic carbocycles. The lowest BCUT2D eigenvalue weighted by atomic mass is 9.98. The van der Waals surface area contributed by atoms with E-state index >= 15 is 0 Å². The number of carbonyl (C=O) groups is 3. The maximum atomic E-state index is 12.1. The van der Waals surface area contributed by atoms with Crippen LogP contribution >= 0.6 is 0 Å². The molecule has 2 rings (SSSR count). The maximum Gasteiger partial charge on any atom is 0.308 e. The van der Waals surface area contributed by atoms with E-state index in [0.717, 1.165) is 11.1 Å². The van der Waals surface area contributed by atoms with E-state index < -0.39 is 29.7 Å². The fourth-order valence-corrected chi connectivity index (χ4v) is 2.49. The van der Waals surface area contributed by atoms with Crippen molar-refractivity contribution in [2.45, 2.75) is 26.3 Å². The van der Waals surface area contributed by atoms with Crippen LogP contribution in [0, 0.1) is 12.8 Å². The molecule has 0 bridgehead atoms. The molecule has 3 N–H and O–H groups in total. The SMILES string of the molecule is Cc1cccc(CC(CNC(=O)C(C)NC(=O)c2ccoc2)C(=O)O)c1. The Morgan fingerprint density at radius 1 is 1.23 bits per heavy atom. The Bertz CT molecular complexity index is 770. The number of aryl methyl sites for hydroxylation is 1. The molecule has 0 aliphatic heterocycles. The van der Waals surface area contributed by atoms with Gasteiger partial charge >= 0.3 is 5.97 Å². The standard InChI is InChI=1S/C19H22N2O5/c1-12-4-3-5-14(8-12)9-16(19(24)25)10-20-17(22)13(2)21-18(23)15-6-7-26-11-15/h3-8,11,13,16H,9-10H2,1-2H3,(H,20,22)(H,21,23)(H,24,25). The van der Waals surface area contributed by atoms with E-state index in [1.807, 2.05) is 31.2 Å².